The first-order chi connectivity index (χ1) is 20.4. The van der Waals surface area contributed by atoms with Gasteiger partial charge in [-0.15, -0.1) is 0 Å². The first-order valence-corrected chi connectivity index (χ1v) is 15.5. The Balaban J connectivity index is 1.44. The molecule has 1 amide bonds. The van der Waals surface area contributed by atoms with Gasteiger partial charge in [-0.05, 0) is 52.8 Å². The largest absolute Gasteiger partial charge is 0.481 e. The predicted octanol–water partition coefficient (Wildman–Crippen LogP) is 5.38. The summed E-state index contributed by atoms with van der Waals surface area (Å²) >= 11 is 1.66. The first kappa shape index (κ1) is 31.7. The molecule has 8 nitrogen and oxygen atoms in total. The van der Waals surface area contributed by atoms with Crippen LogP contribution >= 0.6 is 11.8 Å². The van der Waals surface area contributed by atoms with Gasteiger partial charge in [0, 0.05) is 42.9 Å². The van der Waals surface area contributed by atoms with Crippen LogP contribution in [-0.4, -0.2) is 51.4 Å². The highest BCUT2D eigenvalue weighted by molar-refractivity contribution is 7.99. The normalized spacial score (nSPS) is 18.5. The van der Waals surface area contributed by atoms with Crippen molar-refractivity contribution < 1.29 is 34.4 Å². The lowest BCUT2D eigenvalue weighted by atomic mass is 9.99. The Kier molecular flexibility index (Phi) is 12.4. The third-order valence-corrected chi connectivity index (χ3v) is 8.19. The number of carboxylic acid groups (broad SMARTS) is 1. The zero-order chi connectivity index (χ0) is 29.7. The number of aliphatic hydroxyl groups is 2. The van der Waals surface area contributed by atoms with E-state index in [4.69, 9.17) is 14.6 Å². The second kappa shape index (κ2) is 16.4. The van der Waals surface area contributed by atoms with Gasteiger partial charge in [0.2, 0.25) is 5.91 Å². The number of carboxylic acids is 1. The highest BCUT2D eigenvalue weighted by Gasteiger charge is 2.32. The number of carbonyl (C=O) groups excluding carboxylic acids is 1. The summed E-state index contributed by atoms with van der Waals surface area (Å²) < 4.78 is 12.9. The molecular weight excluding hydrogens is 554 g/mol. The number of hydrogen-bond donors (Lipinski definition) is 4. The SMILES string of the molecule is O=C(O)CCCCC(=O)NCc1cccc(-c2cccc([C@@H]3O[C@H](CSCCO)C[C@H](c4ccc(CO)cc4)O3)c2)c1. The van der Waals surface area contributed by atoms with Crippen molar-refractivity contribution in [3.8, 4) is 11.1 Å². The average Bonchev–Trinajstić information content (AvgIpc) is 3.02. The molecule has 4 N–H and O–H groups in total. The summed E-state index contributed by atoms with van der Waals surface area (Å²) in [7, 11) is 0. The number of carbonyl (C=O) groups is 2. The van der Waals surface area contributed by atoms with Crippen LogP contribution in [0.3, 0.4) is 0 Å². The number of rotatable bonds is 15. The molecule has 0 unspecified atom stereocenters. The van der Waals surface area contributed by atoms with Gasteiger partial charge in [0.05, 0.1) is 25.4 Å². The number of thioether (sulfide) groups is 1. The van der Waals surface area contributed by atoms with Crippen LogP contribution < -0.4 is 5.32 Å². The zero-order valence-electron chi connectivity index (χ0n) is 23.6. The molecule has 0 bridgehead atoms. The summed E-state index contributed by atoms with van der Waals surface area (Å²) in [6.45, 7) is 0.512. The van der Waals surface area contributed by atoms with Gasteiger partial charge < -0.3 is 30.1 Å². The summed E-state index contributed by atoms with van der Waals surface area (Å²) in [5.41, 5.74) is 5.76. The molecule has 1 heterocycles. The number of amides is 1. The molecule has 0 aromatic heterocycles. The van der Waals surface area contributed by atoms with Crippen molar-refractivity contribution in [3.05, 3.63) is 95.1 Å². The summed E-state index contributed by atoms with van der Waals surface area (Å²) in [5, 5.41) is 30.3. The summed E-state index contributed by atoms with van der Waals surface area (Å²) in [5.74, 6) is 0.464. The van der Waals surface area contributed by atoms with Crippen LogP contribution in [0.1, 0.15) is 66.8 Å². The van der Waals surface area contributed by atoms with E-state index in [0.29, 0.717) is 38.0 Å². The fourth-order valence-electron chi connectivity index (χ4n) is 4.88. The van der Waals surface area contributed by atoms with Crippen molar-refractivity contribution in [1.82, 2.24) is 5.32 Å². The molecule has 3 atom stereocenters. The van der Waals surface area contributed by atoms with E-state index >= 15 is 0 Å². The number of hydrogen-bond acceptors (Lipinski definition) is 7. The second-order valence-electron chi connectivity index (χ2n) is 10.4. The smallest absolute Gasteiger partial charge is 0.303 e. The predicted molar refractivity (Wildman–Crippen MR) is 163 cm³/mol. The number of benzene rings is 3. The van der Waals surface area contributed by atoms with E-state index in [2.05, 4.69) is 11.4 Å². The first-order valence-electron chi connectivity index (χ1n) is 14.3. The van der Waals surface area contributed by atoms with Crippen molar-refractivity contribution >= 4 is 23.6 Å². The van der Waals surface area contributed by atoms with Gasteiger partial charge in [-0.3, -0.25) is 9.59 Å². The van der Waals surface area contributed by atoms with Gasteiger partial charge >= 0.3 is 5.97 Å². The number of nitrogens with one attached hydrogen (secondary N) is 1. The molecule has 3 aromatic carbocycles. The van der Waals surface area contributed by atoms with E-state index in [1.807, 2.05) is 66.7 Å². The Morgan fingerprint density at radius 3 is 2.33 bits per heavy atom. The number of aliphatic carboxylic acids is 1. The van der Waals surface area contributed by atoms with Crippen LogP contribution in [0, 0.1) is 0 Å². The minimum Gasteiger partial charge on any atom is -0.481 e. The van der Waals surface area contributed by atoms with Crippen molar-refractivity contribution in [3.63, 3.8) is 0 Å². The van der Waals surface area contributed by atoms with Crippen LogP contribution in [0.25, 0.3) is 11.1 Å². The van der Waals surface area contributed by atoms with Crippen LogP contribution in [0.5, 0.6) is 0 Å². The lowest BCUT2D eigenvalue weighted by molar-refractivity contribution is -0.245. The Bertz CT molecular complexity index is 1300. The van der Waals surface area contributed by atoms with Crippen molar-refractivity contribution in [2.45, 2.75) is 63.8 Å². The maximum atomic E-state index is 12.2. The molecule has 3 aromatic rings. The molecule has 1 fully saturated rings. The molecular formula is C33H39NO7S. The minimum absolute atomic E-state index is 0.00702. The fraction of sp³-hybridized carbons (Fsp3) is 0.394. The zero-order valence-corrected chi connectivity index (χ0v) is 24.4. The number of ether oxygens (including phenoxy) is 2. The third kappa shape index (κ3) is 9.68. The molecule has 1 aliphatic heterocycles. The van der Waals surface area contributed by atoms with Gasteiger partial charge in [0.15, 0.2) is 6.29 Å². The van der Waals surface area contributed by atoms with Crippen LogP contribution in [0.4, 0.5) is 0 Å². The Morgan fingerprint density at radius 1 is 0.857 bits per heavy atom. The topological polar surface area (TPSA) is 125 Å². The van der Waals surface area contributed by atoms with Gasteiger partial charge in [-0.1, -0.05) is 60.7 Å². The molecule has 0 saturated carbocycles. The van der Waals surface area contributed by atoms with E-state index in [9.17, 15) is 19.8 Å². The van der Waals surface area contributed by atoms with Gasteiger partial charge in [0.25, 0.3) is 0 Å². The quantitative estimate of drug-likeness (QED) is 0.173. The minimum atomic E-state index is -0.844. The molecule has 0 spiro atoms. The lowest BCUT2D eigenvalue weighted by Crippen LogP contribution is -2.31. The van der Waals surface area contributed by atoms with Crippen LogP contribution in [0.2, 0.25) is 0 Å². The standard InChI is InChI=1S/C33H39NO7S/c35-15-16-42-22-29-19-30(25-13-11-23(21-36)12-14-25)41-33(40-29)28-8-4-7-27(18-28)26-6-3-5-24(17-26)20-34-31(37)9-1-2-10-32(38)39/h3-8,11-14,17-18,29-30,33,35-36H,1-2,9-10,15-16,19-22H2,(H,34,37)(H,38,39)/t29-,30+,33+/m0/s1. The maximum absolute atomic E-state index is 12.2. The summed E-state index contributed by atoms with van der Waals surface area (Å²) in [6, 6.07) is 23.9. The Morgan fingerprint density at radius 2 is 1.60 bits per heavy atom. The third-order valence-electron chi connectivity index (χ3n) is 7.11. The molecule has 9 heteroatoms. The van der Waals surface area contributed by atoms with E-state index in [1.54, 1.807) is 11.8 Å². The maximum Gasteiger partial charge on any atom is 0.303 e. The lowest BCUT2D eigenvalue weighted by Gasteiger charge is -2.36. The van der Waals surface area contributed by atoms with E-state index in [1.165, 1.54) is 0 Å². The second-order valence-corrected chi connectivity index (χ2v) is 11.5. The monoisotopic (exact) mass is 593 g/mol. The Hall–Kier alpha value is -3.21. The van der Waals surface area contributed by atoms with Crippen molar-refractivity contribution in [1.29, 1.82) is 0 Å². The van der Waals surface area contributed by atoms with Gasteiger partial charge in [-0.25, -0.2) is 0 Å². The molecule has 1 aliphatic rings. The highest BCUT2D eigenvalue weighted by atomic mass is 32.2. The van der Waals surface area contributed by atoms with Crippen molar-refractivity contribution in [2.24, 2.45) is 0 Å². The highest BCUT2D eigenvalue weighted by Crippen LogP contribution is 2.39. The molecule has 0 radical (unpaired) electrons. The summed E-state index contributed by atoms with van der Waals surface area (Å²) in [6.07, 6.45) is 1.33. The van der Waals surface area contributed by atoms with Gasteiger partial charge in [-0.2, -0.15) is 11.8 Å². The van der Waals surface area contributed by atoms with Gasteiger partial charge in [0.1, 0.15) is 0 Å². The van der Waals surface area contributed by atoms with E-state index < -0.39 is 12.3 Å². The van der Waals surface area contributed by atoms with E-state index in [-0.39, 0.29) is 37.7 Å². The Labute approximate surface area is 251 Å². The molecule has 224 valence electrons. The molecule has 4 rings (SSSR count). The number of unbranched alkanes of at least 4 members (excludes halogenated alkanes) is 1. The van der Waals surface area contributed by atoms with Crippen LogP contribution in [0.15, 0.2) is 72.8 Å². The summed E-state index contributed by atoms with van der Waals surface area (Å²) in [4.78, 5) is 22.8. The fourth-order valence-corrected chi connectivity index (χ4v) is 5.65. The van der Waals surface area contributed by atoms with Crippen molar-refractivity contribution in [2.75, 3.05) is 18.1 Å². The average molecular weight is 594 g/mol. The molecule has 1 saturated heterocycles. The molecule has 42 heavy (non-hydrogen) atoms. The van der Waals surface area contributed by atoms with E-state index in [0.717, 1.165) is 39.1 Å². The molecule has 0 aliphatic carbocycles. The number of aliphatic hydroxyl groups excluding tert-OH is 2. The van der Waals surface area contributed by atoms with Crippen LogP contribution in [-0.2, 0) is 32.2 Å².